The summed E-state index contributed by atoms with van der Waals surface area (Å²) in [6.07, 6.45) is 3.52. The van der Waals surface area contributed by atoms with E-state index in [1.165, 1.54) is 16.9 Å². The van der Waals surface area contributed by atoms with E-state index in [9.17, 15) is 0 Å². The largest absolute Gasteiger partial charge is 0.385 e. The number of thiophene rings is 1. The summed E-state index contributed by atoms with van der Waals surface area (Å²) in [4.78, 5) is 9.76. The number of nitrogen functional groups attached to an aromatic ring is 1. The molecule has 1 aliphatic rings. The summed E-state index contributed by atoms with van der Waals surface area (Å²) in [5, 5.41) is 1.11. The second-order valence-electron chi connectivity index (χ2n) is 4.49. The third kappa shape index (κ3) is 1.46. The van der Waals surface area contributed by atoms with Crippen LogP contribution in [0.5, 0.6) is 0 Å². The summed E-state index contributed by atoms with van der Waals surface area (Å²) < 4.78 is 0.483. The molecule has 3 N–H and O–H groups in total. The molecule has 2 aromatic heterocycles. The first-order chi connectivity index (χ1) is 7.65. The van der Waals surface area contributed by atoms with Gasteiger partial charge < -0.3 is 10.7 Å². The molecule has 16 heavy (non-hydrogen) atoms. The van der Waals surface area contributed by atoms with Gasteiger partial charge in [0.25, 0.3) is 0 Å². The lowest BCUT2D eigenvalue weighted by Crippen LogP contribution is -2.09. The van der Waals surface area contributed by atoms with Crippen molar-refractivity contribution in [1.29, 1.82) is 0 Å². The van der Waals surface area contributed by atoms with Crippen LogP contribution in [0.2, 0.25) is 0 Å². The van der Waals surface area contributed by atoms with Crippen LogP contribution in [0, 0.1) is 10.7 Å². The molecule has 0 bridgehead atoms. The van der Waals surface area contributed by atoms with Crippen molar-refractivity contribution >= 4 is 39.6 Å². The van der Waals surface area contributed by atoms with Crippen LogP contribution in [0.1, 0.15) is 23.8 Å². The number of rotatable bonds is 0. The minimum Gasteiger partial charge on any atom is -0.385 e. The second-order valence-corrected chi connectivity index (χ2v) is 5.96. The number of nitrogens with zero attached hydrogens (tertiary/aromatic N) is 1. The molecule has 0 saturated carbocycles. The molecule has 84 valence electrons. The van der Waals surface area contributed by atoms with Crippen LogP contribution in [-0.2, 0) is 12.8 Å². The van der Waals surface area contributed by atoms with Gasteiger partial charge in [-0.25, -0.2) is 4.98 Å². The zero-order valence-electron chi connectivity index (χ0n) is 9.04. The van der Waals surface area contributed by atoms with Crippen LogP contribution in [-0.4, -0.2) is 9.97 Å². The molecule has 0 fully saturated rings. The summed E-state index contributed by atoms with van der Waals surface area (Å²) in [6, 6.07) is 0. The molecular formula is C11H13N3S2. The van der Waals surface area contributed by atoms with Crippen LogP contribution in [0.15, 0.2) is 0 Å². The Balaban J connectivity index is 2.33. The van der Waals surface area contributed by atoms with Gasteiger partial charge in [-0.1, -0.05) is 6.92 Å². The van der Waals surface area contributed by atoms with E-state index in [4.69, 9.17) is 18.0 Å². The van der Waals surface area contributed by atoms with Gasteiger partial charge in [0, 0.05) is 4.88 Å². The quantitative estimate of drug-likeness (QED) is 0.708. The van der Waals surface area contributed by atoms with Crippen molar-refractivity contribution in [2.75, 3.05) is 5.73 Å². The van der Waals surface area contributed by atoms with Gasteiger partial charge in [-0.05, 0) is 43.0 Å². The van der Waals surface area contributed by atoms with Gasteiger partial charge in [0.2, 0.25) is 0 Å². The molecule has 0 radical (unpaired) electrons. The van der Waals surface area contributed by atoms with Gasteiger partial charge in [-0.3, -0.25) is 0 Å². The van der Waals surface area contributed by atoms with Gasteiger partial charge in [-0.15, -0.1) is 11.3 Å². The fraction of sp³-hybridized carbons (Fsp3) is 0.455. The number of fused-ring (bicyclic) bond motifs is 3. The van der Waals surface area contributed by atoms with E-state index in [0.717, 1.165) is 29.0 Å². The number of nitrogens with one attached hydrogen (secondary N) is 1. The molecule has 1 atom stereocenters. The summed E-state index contributed by atoms with van der Waals surface area (Å²) >= 11 is 6.80. The lowest BCUT2D eigenvalue weighted by molar-refractivity contribution is 0.509. The molecule has 0 aliphatic heterocycles. The zero-order chi connectivity index (χ0) is 11.3. The smallest absolute Gasteiger partial charge is 0.199 e. The molecule has 2 aromatic rings. The van der Waals surface area contributed by atoms with Crippen molar-refractivity contribution in [1.82, 2.24) is 9.97 Å². The Labute approximate surface area is 103 Å². The van der Waals surface area contributed by atoms with E-state index < -0.39 is 0 Å². The molecule has 3 rings (SSSR count). The third-order valence-corrected chi connectivity index (χ3v) is 4.55. The number of H-pyrrole nitrogens is 1. The van der Waals surface area contributed by atoms with Crippen molar-refractivity contribution < 1.29 is 0 Å². The predicted octanol–water partition coefficient (Wildman–Crippen LogP) is 3.06. The van der Waals surface area contributed by atoms with Crippen LogP contribution in [0.4, 0.5) is 5.82 Å². The normalized spacial score (nSPS) is 19.9. The molecule has 3 nitrogen and oxygen atoms in total. The summed E-state index contributed by atoms with van der Waals surface area (Å²) in [5.74, 6) is 1.45. The fourth-order valence-corrected chi connectivity index (χ4v) is 4.05. The van der Waals surface area contributed by atoms with E-state index in [0.29, 0.717) is 10.6 Å². The van der Waals surface area contributed by atoms with E-state index in [1.54, 1.807) is 11.3 Å². The van der Waals surface area contributed by atoms with Gasteiger partial charge in [0.1, 0.15) is 10.6 Å². The van der Waals surface area contributed by atoms with Crippen LogP contribution in [0.3, 0.4) is 0 Å². The average Bonchev–Trinajstić information content (AvgIpc) is 2.54. The topological polar surface area (TPSA) is 54.7 Å². The van der Waals surface area contributed by atoms with Gasteiger partial charge in [-0.2, -0.15) is 0 Å². The minimum atomic E-state index is 0.483. The number of nitrogens with two attached hydrogens (primary N) is 1. The van der Waals surface area contributed by atoms with Gasteiger partial charge in [0.05, 0.1) is 5.39 Å². The number of hydrogen-bond donors (Lipinski definition) is 2. The molecule has 0 unspecified atom stereocenters. The Morgan fingerprint density at radius 3 is 3.19 bits per heavy atom. The monoisotopic (exact) mass is 251 g/mol. The van der Waals surface area contributed by atoms with Crippen molar-refractivity contribution in [3.05, 3.63) is 15.2 Å². The van der Waals surface area contributed by atoms with E-state index >= 15 is 0 Å². The van der Waals surface area contributed by atoms with E-state index in [1.807, 2.05) is 0 Å². The first kappa shape index (κ1) is 10.2. The molecule has 0 aromatic carbocycles. The standard InChI is InChI=1S/C11H13N3S2/c1-5-2-3-6-7(4-5)16-10-8(6)9(12)13-11(15)14-10/h5H,2-4H2,1H3,(H3,12,13,14,15)/t5-/m0/s1. The predicted molar refractivity (Wildman–Crippen MR) is 70.4 cm³/mol. The van der Waals surface area contributed by atoms with E-state index in [-0.39, 0.29) is 0 Å². The first-order valence-corrected chi connectivity index (χ1v) is 6.67. The molecule has 0 amide bonds. The van der Waals surface area contributed by atoms with Gasteiger partial charge >= 0.3 is 0 Å². The molecule has 2 heterocycles. The Morgan fingerprint density at radius 2 is 2.38 bits per heavy atom. The van der Waals surface area contributed by atoms with Crippen LogP contribution < -0.4 is 5.73 Å². The van der Waals surface area contributed by atoms with Crippen LogP contribution >= 0.6 is 23.6 Å². The number of anilines is 1. The third-order valence-electron chi connectivity index (χ3n) is 3.21. The highest BCUT2D eigenvalue weighted by Gasteiger charge is 2.22. The molecule has 1 aliphatic carbocycles. The highest BCUT2D eigenvalue weighted by atomic mass is 32.1. The van der Waals surface area contributed by atoms with Crippen LogP contribution in [0.25, 0.3) is 10.2 Å². The van der Waals surface area contributed by atoms with E-state index in [2.05, 4.69) is 16.9 Å². The maximum atomic E-state index is 6.00. The number of aryl methyl sites for hydroxylation is 1. The molecule has 5 heteroatoms. The molecular weight excluding hydrogens is 238 g/mol. The summed E-state index contributed by atoms with van der Waals surface area (Å²) in [6.45, 7) is 2.30. The average molecular weight is 251 g/mol. The Kier molecular flexibility index (Phi) is 2.26. The van der Waals surface area contributed by atoms with Crippen molar-refractivity contribution in [2.45, 2.75) is 26.2 Å². The Morgan fingerprint density at radius 1 is 1.56 bits per heavy atom. The molecule has 0 saturated heterocycles. The Bertz CT molecular complexity index is 611. The summed E-state index contributed by atoms with van der Waals surface area (Å²) in [7, 11) is 0. The summed E-state index contributed by atoms with van der Waals surface area (Å²) in [5.41, 5.74) is 7.40. The van der Waals surface area contributed by atoms with Crippen molar-refractivity contribution in [3.63, 3.8) is 0 Å². The second kappa shape index (κ2) is 3.53. The molecule has 0 spiro atoms. The number of aromatic amines is 1. The highest BCUT2D eigenvalue weighted by molar-refractivity contribution is 7.71. The van der Waals surface area contributed by atoms with Crippen molar-refractivity contribution in [2.24, 2.45) is 5.92 Å². The highest BCUT2D eigenvalue weighted by Crippen LogP contribution is 2.38. The van der Waals surface area contributed by atoms with Crippen molar-refractivity contribution in [3.8, 4) is 0 Å². The Hall–Kier alpha value is -0.940. The lowest BCUT2D eigenvalue weighted by atomic mass is 9.89. The number of aromatic nitrogens is 2. The van der Waals surface area contributed by atoms with Gasteiger partial charge in [0.15, 0.2) is 4.77 Å². The maximum Gasteiger partial charge on any atom is 0.199 e. The first-order valence-electron chi connectivity index (χ1n) is 5.45. The number of hydrogen-bond acceptors (Lipinski definition) is 4. The SMILES string of the molecule is C[C@H]1CCc2c(sc3nc(=S)[nH]c(N)c23)C1. The fourth-order valence-electron chi connectivity index (χ4n) is 2.39. The lowest BCUT2D eigenvalue weighted by Gasteiger charge is -2.17. The minimum absolute atomic E-state index is 0.483. The zero-order valence-corrected chi connectivity index (χ0v) is 10.7. The maximum absolute atomic E-state index is 6.00.